The van der Waals surface area contributed by atoms with Crippen LogP contribution in [-0.2, 0) is 17.8 Å². The van der Waals surface area contributed by atoms with E-state index in [9.17, 15) is 0 Å². The van der Waals surface area contributed by atoms with Crippen molar-refractivity contribution in [2.75, 3.05) is 59.0 Å². The van der Waals surface area contributed by atoms with Crippen LogP contribution in [0.3, 0.4) is 0 Å². The predicted octanol–water partition coefficient (Wildman–Crippen LogP) is 2.84. The molecule has 2 fully saturated rings. The second-order valence-corrected chi connectivity index (χ2v) is 8.44. The molecule has 2 aliphatic heterocycles. The molecule has 2 N–H and O–H groups in total. The molecule has 0 spiro atoms. The summed E-state index contributed by atoms with van der Waals surface area (Å²) in [5.74, 6) is 0.923. The smallest absolute Gasteiger partial charge is 0.191 e. The molecule has 1 aromatic rings. The molecule has 6 nitrogen and oxygen atoms in total. The molecule has 2 heterocycles. The van der Waals surface area contributed by atoms with E-state index in [-0.39, 0.29) is 0 Å². The molecular formula is C24H41N5O. The van der Waals surface area contributed by atoms with Gasteiger partial charge in [0.25, 0.3) is 0 Å². The zero-order valence-corrected chi connectivity index (χ0v) is 18.9. The Morgan fingerprint density at radius 2 is 1.73 bits per heavy atom. The standard InChI is InChI=1S/C24H41N5O/c1-2-25-24(26-11-8-14-28-12-5-3-4-6-13-28)27-20-22-9-7-10-23(19-22)21-29-15-17-30-18-16-29/h7,9-10,19H,2-6,8,11-18,20-21H2,1H3,(H2,25,26,27). The molecule has 2 saturated heterocycles. The second-order valence-electron chi connectivity index (χ2n) is 8.44. The Morgan fingerprint density at radius 1 is 0.967 bits per heavy atom. The fraction of sp³-hybridized carbons (Fsp3) is 0.708. The van der Waals surface area contributed by atoms with E-state index in [4.69, 9.17) is 9.73 Å². The highest BCUT2D eigenvalue weighted by Gasteiger charge is 2.11. The summed E-state index contributed by atoms with van der Waals surface area (Å²) in [5, 5.41) is 6.90. The summed E-state index contributed by atoms with van der Waals surface area (Å²) in [6.07, 6.45) is 6.70. The van der Waals surface area contributed by atoms with Crippen molar-refractivity contribution in [3.63, 3.8) is 0 Å². The highest BCUT2D eigenvalue weighted by molar-refractivity contribution is 5.79. The van der Waals surface area contributed by atoms with Crippen LogP contribution in [0.25, 0.3) is 0 Å². The Kier molecular flexibility index (Phi) is 10.5. The largest absolute Gasteiger partial charge is 0.379 e. The molecule has 0 bridgehead atoms. The third-order valence-electron chi connectivity index (χ3n) is 5.91. The molecule has 0 radical (unpaired) electrons. The van der Waals surface area contributed by atoms with Crippen LogP contribution in [-0.4, -0.2) is 74.8 Å². The van der Waals surface area contributed by atoms with Crippen LogP contribution in [0, 0.1) is 0 Å². The van der Waals surface area contributed by atoms with Gasteiger partial charge in [-0.2, -0.15) is 0 Å². The quantitative estimate of drug-likeness (QED) is 0.369. The van der Waals surface area contributed by atoms with Gasteiger partial charge in [-0.3, -0.25) is 4.90 Å². The molecule has 168 valence electrons. The number of nitrogens with zero attached hydrogens (tertiary/aromatic N) is 3. The fourth-order valence-corrected chi connectivity index (χ4v) is 4.23. The molecule has 3 rings (SSSR count). The number of rotatable bonds is 9. The summed E-state index contributed by atoms with van der Waals surface area (Å²) in [6.45, 7) is 13.2. The van der Waals surface area contributed by atoms with Crippen molar-refractivity contribution in [3.8, 4) is 0 Å². The highest BCUT2D eigenvalue weighted by atomic mass is 16.5. The Balaban J connectivity index is 1.43. The van der Waals surface area contributed by atoms with Gasteiger partial charge in [0, 0.05) is 32.7 Å². The monoisotopic (exact) mass is 415 g/mol. The van der Waals surface area contributed by atoms with Gasteiger partial charge in [-0.05, 0) is 56.9 Å². The zero-order valence-electron chi connectivity index (χ0n) is 18.9. The van der Waals surface area contributed by atoms with E-state index in [0.29, 0.717) is 6.54 Å². The number of nitrogens with one attached hydrogen (secondary N) is 2. The van der Waals surface area contributed by atoms with Crippen molar-refractivity contribution in [2.24, 2.45) is 4.99 Å². The van der Waals surface area contributed by atoms with Crippen molar-refractivity contribution < 1.29 is 4.74 Å². The summed E-state index contributed by atoms with van der Waals surface area (Å²) in [6, 6.07) is 8.84. The third kappa shape index (κ3) is 8.62. The molecule has 1 aromatic carbocycles. The van der Waals surface area contributed by atoms with Gasteiger partial charge in [-0.25, -0.2) is 4.99 Å². The number of benzene rings is 1. The maximum atomic E-state index is 5.45. The number of hydrogen-bond acceptors (Lipinski definition) is 4. The molecular weight excluding hydrogens is 374 g/mol. The molecule has 30 heavy (non-hydrogen) atoms. The molecule has 0 atom stereocenters. The summed E-state index contributed by atoms with van der Waals surface area (Å²) < 4.78 is 5.45. The molecule has 0 aliphatic carbocycles. The van der Waals surface area contributed by atoms with E-state index in [2.05, 4.69) is 51.6 Å². The minimum Gasteiger partial charge on any atom is -0.379 e. The van der Waals surface area contributed by atoms with Crippen LogP contribution in [0.5, 0.6) is 0 Å². The lowest BCUT2D eigenvalue weighted by Gasteiger charge is -2.26. The van der Waals surface area contributed by atoms with Crippen LogP contribution in [0.4, 0.5) is 0 Å². The Morgan fingerprint density at radius 3 is 2.50 bits per heavy atom. The van der Waals surface area contributed by atoms with Crippen molar-refractivity contribution in [1.29, 1.82) is 0 Å². The van der Waals surface area contributed by atoms with Crippen molar-refractivity contribution >= 4 is 5.96 Å². The first-order valence-corrected chi connectivity index (χ1v) is 12.0. The lowest BCUT2D eigenvalue weighted by Crippen LogP contribution is -2.39. The van der Waals surface area contributed by atoms with Gasteiger partial charge in [0.1, 0.15) is 0 Å². The first kappa shape index (κ1) is 23.0. The van der Waals surface area contributed by atoms with Crippen molar-refractivity contribution in [1.82, 2.24) is 20.4 Å². The van der Waals surface area contributed by atoms with Crippen LogP contribution in [0.2, 0.25) is 0 Å². The van der Waals surface area contributed by atoms with Gasteiger partial charge >= 0.3 is 0 Å². The van der Waals surface area contributed by atoms with E-state index < -0.39 is 0 Å². The molecule has 6 heteroatoms. The number of guanidine groups is 1. The van der Waals surface area contributed by atoms with Crippen molar-refractivity contribution in [3.05, 3.63) is 35.4 Å². The van der Waals surface area contributed by atoms with Gasteiger partial charge in [-0.1, -0.05) is 37.1 Å². The first-order chi connectivity index (χ1) is 14.8. The molecule has 0 saturated carbocycles. The minimum absolute atomic E-state index is 0.707. The third-order valence-corrected chi connectivity index (χ3v) is 5.91. The van der Waals surface area contributed by atoms with Crippen LogP contribution >= 0.6 is 0 Å². The van der Waals surface area contributed by atoms with Crippen LogP contribution in [0.1, 0.15) is 50.2 Å². The van der Waals surface area contributed by atoms with Crippen molar-refractivity contribution in [2.45, 2.75) is 52.1 Å². The average molecular weight is 416 g/mol. The van der Waals surface area contributed by atoms with E-state index in [1.807, 2.05) is 0 Å². The fourth-order valence-electron chi connectivity index (χ4n) is 4.23. The minimum atomic E-state index is 0.707. The average Bonchev–Trinajstić information content (AvgIpc) is 3.05. The second kappa shape index (κ2) is 13.6. The van der Waals surface area contributed by atoms with Gasteiger partial charge in [0.2, 0.25) is 0 Å². The SMILES string of the molecule is CCNC(=NCc1cccc(CN2CCOCC2)c1)NCCCN1CCCCCC1. The van der Waals surface area contributed by atoms with E-state index >= 15 is 0 Å². The number of aliphatic imine (C=N–C) groups is 1. The normalized spacial score (nSPS) is 19.4. The number of morpholine rings is 1. The maximum Gasteiger partial charge on any atom is 0.191 e. The lowest BCUT2D eigenvalue weighted by molar-refractivity contribution is 0.0342. The van der Waals surface area contributed by atoms with Gasteiger partial charge < -0.3 is 20.3 Å². The first-order valence-electron chi connectivity index (χ1n) is 12.0. The summed E-state index contributed by atoms with van der Waals surface area (Å²) in [4.78, 5) is 9.90. The number of hydrogen-bond donors (Lipinski definition) is 2. The van der Waals surface area contributed by atoms with Gasteiger partial charge in [0.05, 0.1) is 19.8 Å². The summed E-state index contributed by atoms with van der Waals surface area (Å²) >= 11 is 0. The maximum absolute atomic E-state index is 5.45. The molecule has 0 aromatic heterocycles. The lowest BCUT2D eigenvalue weighted by atomic mass is 10.1. The Bertz CT molecular complexity index is 622. The Labute approximate surface area is 183 Å². The topological polar surface area (TPSA) is 52.1 Å². The summed E-state index contributed by atoms with van der Waals surface area (Å²) in [7, 11) is 0. The van der Waals surface area contributed by atoms with Gasteiger partial charge in [-0.15, -0.1) is 0 Å². The Hall–Kier alpha value is -1.63. The van der Waals surface area contributed by atoms with Crippen LogP contribution in [0.15, 0.2) is 29.3 Å². The van der Waals surface area contributed by atoms with E-state index in [1.54, 1.807) is 0 Å². The summed E-state index contributed by atoms with van der Waals surface area (Å²) in [5.41, 5.74) is 2.63. The van der Waals surface area contributed by atoms with E-state index in [1.165, 1.54) is 62.9 Å². The molecule has 0 unspecified atom stereocenters. The molecule has 0 amide bonds. The zero-order chi connectivity index (χ0) is 20.9. The molecule has 2 aliphatic rings. The number of likely N-dealkylation sites (tertiary alicyclic amines) is 1. The highest BCUT2D eigenvalue weighted by Crippen LogP contribution is 2.11. The predicted molar refractivity (Wildman–Crippen MR) is 125 cm³/mol. The van der Waals surface area contributed by atoms with Gasteiger partial charge in [0.15, 0.2) is 5.96 Å². The van der Waals surface area contributed by atoms with Crippen LogP contribution < -0.4 is 10.6 Å². The number of ether oxygens (including phenoxy) is 1. The van der Waals surface area contributed by atoms with E-state index in [0.717, 1.165) is 51.9 Å².